The van der Waals surface area contributed by atoms with Gasteiger partial charge in [0.15, 0.2) is 0 Å². The van der Waals surface area contributed by atoms with Gasteiger partial charge < -0.3 is 15.5 Å². The average molecular weight is 277 g/mol. The van der Waals surface area contributed by atoms with E-state index in [-0.39, 0.29) is 0 Å². The van der Waals surface area contributed by atoms with Crippen LogP contribution < -0.4 is 10.6 Å². The van der Waals surface area contributed by atoms with E-state index in [0.717, 1.165) is 24.0 Å². The lowest BCUT2D eigenvalue weighted by Crippen LogP contribution is -2.39. The Bertz CT molecular complexity index is 413. The van der Waals surface area contributed by atoms with Gasteiger partial charge in [0.1, 0.15) is 17.5 Å². The molecule has 0 spiro atoms. The summed E-state index contributed by atoms with van der Waals surface area (Å²) < 4.78 is 0. The third-order valence-electron chi connectivity index (χ3n) is 3.68. The van der Waals surface area contributed by atoms with Crippen molar-refractivity contribution >= 4 is 11.6 Å². The Labute approximate surface area is 122 Å². The van der Waals surface area contributed by atoms with Crippen molar-refractivity contribution in [1.82, 2.24) is 14.9 Å². The zero-order valence-electron chi connectivity index (χ0n) is 12.9. The van der Waals surface area contributed by atoms with Crippen molar-refractivity contribution in [2.45, 2.75) is 46.1 Å². The van der Waals surface area contributed by atoms with Crippen LogP contribution in [0.15, 0.2) is 6.07 Å². The molecular formula is C15H27N5. The lowest BCUT2D eigenvalue weighted by molar-refractivity contribution is 0.219. The van der Waals surface area contributed by atoms with Gasteiger partial charge in [-0.1, -0.05) is 6.92 Å². The van der Waals surface area contributed by atoms with Gasteiger partial charge in [0, 0.05) is 31.7 Å². The van der Waals surface area contributed by atoms with Crippen LogP contribution in [0.2, 0.25) is 0 Å². The SMILES string of the molecule is CCCN1CCC(Nc2cc(NCC)nc(C)n2)CC1. The van der Waals surface area contributed by atoms with Crippen LogP contribution in [-0.2, 0) is 0 Å². The molecule has 1 aliphatic rings. The van der Waals surface area contributed by atoms with Gasteiger partial charge in [-0.25, -0.2) is 9.97 Å². The predicted octanol–water partition coefficient (Wildman–Crippen LogP) is 2.50. The van der Waals surface area contributed by atoms with E-state index in [2.05, 4.69) is 39.3 Å². The Morgan fingerprint density at radius 1 is 1.20 bits per heavy atom. The molecule has 0 bridgehead atoms. The van der Waals surface area contributed by atoms with Gasteiger partial charge in [-0.15, -0.1) is 0 Å². The minimum atomic E-state index is 0.534. The van der Waals surface area contributed by atoms with Gasteiger partial charge in [0.25, 0.3) is 0 Å². The van der Waals surface area contributed by atoms with E-state index in [1.54, 1.807) is 0 Å². The minimum Gasteiger partial charge on any atom is -0.370 e. The number of piperidine rings is 1. The minimum absolute atomic E-state index is 0.534. The summed E-state index contributed by atoms with van der Waals surface area (Å²) in [4.78, 5) is 11.4. The Morgan fingerprint density at radius 2 is 1.90 bits per heavy atom. The van der Waals surface area contributed by atoms with Crippen molar-refractivity contribution in [2.75, 3.05) is 36.8 Å². The molecule has 1 aromatic rings. The number of anilines is 2. The first-order chi connectivity index (χ1) is 9.71. The van der Waals surface area contributed by atoms with Crippen LogP contribution in [0, 0.1) is 6.92 Å². The predicted molar refractivity (Wildman–Crippen MR) is 84.3 cm³/mol. The van der Waals surface area contributed by atoms with Crippen molar-refractivity contribution in [3.63, 3.8) is 0 Å². The zero-order chi connectivity index (χ0) is 14.4. The number of nitrogens with zero attached hydrogens (tertiary/aromatic N) is 3. The quantitative estimate of drug-likeness (QED) is 0.837. The summed E-state index contributed by atoms with van der Waals surface area (Å²) in [5, 5.41) is 6.82. The molecular weight excluding hydrogens is 250 g/mol. The molecule has 0 unspecified atom stereocenters. The van der Waals surface area contributed by atoms with Gasteiger partial charge in [0.05, 0.1) is 0 Å². The standard InChI is InChI=1S/C15H27N5/c1-4-8-20-9-6-13(7-10-20)19-15-11-14(16-5-2)17-12(3)18-15/h11,13H,4-10H2,1-3H3,(H2,16,17,18,19). The lowest BCUT2D eigenvalue weighted by atomic mass is 10.0. The molecule has 0 amide bonds. The number of aryl methyl sites for hydroxylation is 1. The molecule has 0 atom stereocenters. The summed E-state index contributed by atoms with van der Waals surface area (Å²) in [7, 11) is 0. The highest BCUT2D eigenvalue weighted by molar-refractivity contribution is 5.48. The maximum absolute atomic E-state index is 4.49. The first kappa shape index (κ1) is 15.0. The third kappa shape index (κ3) is 4.34. The molecule has 112 valence electrons. The Morgan fingerprint density at radius 3 is 2.55 bits per heavy atom. The van der Waals surface area contributed by atoms with E-state index in [1.807, 2.05) is 13.0 Å². The number of hydrogen-bond acceptors (Lipinski definition) is 5. The second-order valence-electron chi connectivity index (χ2n) is 5.48. The molecule has 5 heteroatoms. The van der Waals surface area contributed by atoms with Gasteiger partial charge in [0.2, 0.25) is 0 Å². The zero-order valence-corrected chi connectivity index (χ0v) is 12.9. The van der Waals surface area contributed by atoms with Gasteiger partial charge >= 0.3 is 0 Å². The van der Waals surface area contributed by atoms with E-state index in [0.29, 0.717) is 6.04 Å². The Kier molecular flexibility index (Phi) is 5.59. The topological polar surface area (TPSA) is 53.1 Å². The molecule has 1 fully saturated rings. The van der Waals surface area contributed by atoms with Gasteiger partial charge in [-0.2, -0.15) is 0 Å². The van der Waals surface area contributed by atoms with Crippen LogP contribution in [-0.4, -0.2) is 47.1 Å². The molecule has 5 nitrogen and oxygen atoms in total. The van der Waals surface area contributed by atoms with Crippen LogP contribution >= 0.6 is 0 Å². The molecule has 2 N–H and O–H groups in total. The molecule has 0 aliphatic carbocycles. The highest BCUT2D eigenvalue weighted by atomic mass is 15.2. The van der Waals surface area contributed by atoms with Gasteiger partial charge in [-0.05, 0) is 39.7 Å². The largest absolute Gasteiger partial charge is 0.370 e. The molecule has 20 heavy (non-hydrogen) atoms. The molecule has 2 heterocycles. The number of rotatable bonds is 6. The fourth-order valence-corrected chi connectivity index (χ4v) is 2.74. The van der Waals surface area contributed by atoms with Crippen molar-refractivity contribution in [2.24, 2.45) is 0 Å². The second kappa shape index (κ2) is 7.43. The van der Waals surface area contributed by atoms with Gasteiger partial charge in [-0.3, -0.25) is 0 Å². The fraction of sp³-hybridized carbons (Fsp3) is 0.733. The summed E-state index contributed by atoms with van der Waals surface area (Å²) in [5.41, 5.74) is 0. The first-order valence-corrected chi connectivity index (χ1v) is 7.79. The molecule has 1 saturated heterocycles. The van der Waals surface area contributed by atoms with Crippen molar-refractivity contribution in [3.8, 4) is 0 Å². The van der Waals surface area contributed by atoms with Crippen LogP contribution in [0.1, 0.15) is 38.9 Å². The normalized spacial score (nSPS) is 17.1. The van der Waals surface area contributed by atoms with Crippen LogP contribution in [0.25, 0.3) is 0 Å². The molecule has 1 aliphatic heterocycles. The molecule has 0 aromatic carbocycles. The molecule has 1 aromatic heterocycles. The van der Waals surface area contributed by atoms with Crippen molar-refractivity contribution in [3.05, 3.63) is 11.9 Å². The summed E-state index contributed by atoms with van der Waals surface area (Å²) in [6.07, 6.45) is 3.63. The number of aromatic nitrogens is 2. The Hall–Kier alpha value is -1.36. The highest BCUT2D eigenvalue weighted by Gasteiger charge is 2.18. The van der Waals surface area contributed by atoms with Crippen molar-refractivity contribution in [1.29, 1.82) is 0 Å². The highest BCUT2D eigenvalue weighted by Crippen LogP contribution is 2.17. The molecule has 0 saturated carbocycles. The monoisotopic (exact) mass is 277 g/mol. The number of hydrogen-bond donors (Lipinski definition) is 2. The van der Waals surface area contributed by atoms with E-state index < -0.39 is 0 Å². The lowest BCUT2D eigenvalue weighted by Gasteiger charge is -2.32. The number of likely N-dealkylation sites (tertiary alicyclic amines) is 1. The first-order valence-electron chi connectivity index (χ1n) is 7.79. The van der Waals surface area contributed by atoms with Crippen LogP contribution in [0.5, 0.6) is 0 Å². The fourth-order valence-electron chi connectivity index (χ4n) is 2.74. The second-order valence-corrected chi connectivity index (χ2v) is 5.48. The van der Waals surface area contributed by atoms with E-state index >= 15 is 0 Å². The average Bonchev–Trinajstić information content (AvgIpc) is 2.41. The smallest absolute Gasteiger partial charge is 0.132 e. The van der Waals surface area contributed by atoms with E-state index in [9.17, 15) is 0 Å². The van der Waals surface area contributed by atoms with Crippen LogP contribution in [0.3, 0.4) is 0 Å². The molecule has 0 radical (unpaired) electrons. The van der Waals surface area contributed by atoms with Crippen molar-refractivity contribution < 1.29 is 0 Å². The Balaban J connectivity index is 1.90. The van der Waals surface area contributed by atoms with Crippen LogP contribution in [0.4, 0.5) is 11.6 Å². The number of nitrogens with one attached hydrogen (secondary N) is 2. The summed E-state index contributed by atoms with van der Waals surface area (Å²) in [6, 6.07) is 2.54. The molecule has 2 rings (SSSR count). The maximum Gasteiger partial charge on any atom is 0.132 e. The third-order valence-corrected chi connectivity index (χ3v) is 3.68. The summed E-state index contributed by atoms with van der Waals surface area (Å²) >= 11 is 0. The maximum atomic E-state index is 4.49. The summed E-state index contributed by atoms with van der Waals surface area (Å²) in [5.74, 6) is 2.67. The van der Waals surface area contributed by atoms with E-state index in [4.69, 9.17) is 0 Å². The van der Waals surface area contributed by atoms with E-state index in [1.165, 1.54) is 38.9 Å². The summed E-state index contributed by atoms with van der Waals surface area (Å²) in [6.45, 7) is 10.8.